The monoisotopic (exact) mass is 249 g/mol. The molecule has 0 radical (unpaired) electrons. The summed E-state index contributed by atoms with van der Waals surface area (Å²) in [5, 5.41) is 0. The second-order valence-corrected chi connectivity index (χ2v) is 4.11. The fraction of sp³-hybridized carbons (Fsp3) is 0.286. The Balaban J connectivity index is 2.08. The molecule has 2 rings (SSSR count). The summed E-state index contributed by atoms with van der Waals surface area (Å²) in [7, 11) is 1.55. The third-order valence-corrected chi connectivity index (χ3v) is 2.87. The molecular weight excluding hydrogens is 233 g/mol. The largest absolute Gasteiger partial charge is 0.496 e. The summed E-state index contributed by atoms with van der Waals surface area (Å²) in [5.74, 6) is 1.18. The summed E-state index contributed by atoms with van der Waals surface area (Å²) in [5.41, 5.74) is 6.75. The molecule has 2 aromatic rings. The van der Waals surface area contributed by atoms with Crippen LogP contribution < -0.4 is 10.5 Å². The van der Waals surface area contributed by atoms with Gasteiger partial charge in [-0.2, -0.15) is 0 Å². The van der Waals surface area contributed by atoms with E-state index in [1.165, 1.54) is 12.1 Å². The van der Waals surface area contributed by atoms with Crippen molar-refractivity contribution in [2.24, 2.45) is 5.73 Å². The predicted octanol–water partition coefficient (Wildman–Crippen LogP) is 3.06. The molecule has 0 fully saturated rings. The van der Waals surface area contributed by atoms with Crippen molar-refractivity contribution in [3.05, 3.63) is 53.7 Å². The normalized spacial score (nSPS) is 12.4. The van der Waals surface area contributed by atoms with E-state index in [-0.39, 0.29) is 11.9 Å². The van der Waals surface area contributed by atoms with Gasteiger partial charge in [-0.25, -0.2) is 4.39 Å². The molecule has 0 saturated heterocycles. The highest BCUT2D eigenvalue weighted by Gasteiger charge is 2.13. The van der Waals surface area contributed by atoms with Gasteiger partial charge in [-0.3, -0.25) is 0 Å². The van der Waals surface area contributed by atoms with E-state index < -0.39 is 0 Å². The Morgan fingerprint density at radius 2 is 2.22 bits per heavy atom. The van der Waals surface area contributed by atoms with E-state index in [2.05, 4.69) is 0 Å². The molecule has 0 bridgehead atoms. The van der Waals surface area contributed by atoms with Gasteiger partial charge in [0, 0.05) is 18.0 Å². The number of hydrogen-bond donors (Lipinski definition) is 1. The molecule has 1 heterocycles. The second kappa shape index (κ2) is 5.69. The molecule has 0 aliphatic carbocycles. The van der Waals surface area contributed by atoms with E-state index in [4.69, 9.17) is 14.9 Å². The first kappa shape index (κ1) is 12.6. The topological polar surface area (TPSA) is 48.4 Å². The minimum atomic E-state index is -0.306. The molecular formula is C14H16FNO2. The van der Waals surface area contributed by atoms with Crippen molar-refractivity contribution in [2.45, 2.75) is 18.9 Å². The van der Waals surface area contributed by atoms with Crippen LogP contribution in [0.25, 0.3) is 0 Å². The first-order chi connectivity index (χ1) is 8.70. The maximum absolute atomic E-state index is 13.2. The quantitative estimate of drug-likeness (QED) is 0.886. The number of nitrogens with two attached hydrogens (primary N) is 1. The van der Waals surface area contributed by atoms with E-state index in [0.717, 1.165) is 5.76 Å². The van der Waals surface area contributed by atoms with Gasteiger partial charge < -0.3 is 14.9 Å². The Hall–Kier alpha value is -1.81. The van der Waals surface area contributed by atoms with Crippen LogP contribution in [-0.4, -0.2) is 7.11 Å². The fourth-order valence-electron chi connectivity index (χ4n) is 1.90. The van der Waals surface area contributed by atoms with Gasteiger partial charge in [-0.1, -0.05) is 0 Å². The molecule has 1 atom stereocenters. The average molecular weight is 249 g/mol. The van der Waals surface area contributed by atoms with Crippen molar-refractivity contribution in [3.8, 4) is 5.75 Å². The molecule has 1 aromatic carbocycles. The van der Waals surface area contributed by atoms with Crippen LogP contribution in [0.2, 0.25) is 0 Å². The van der Waals surface area contributed by atoms with Gasteiger partial charge in [0.2, 0.25) is 0 Å². The lowest BCUT2D eigenvalue weighted by atomic mass is 10.0. The van der Waals surface area contributed by atoms with Gasteiger partial charge in [0.15, 0.2) is 0 Å². The highest BCUT2D eigenvalue weighted by atomic mass is 19.1. The number of methoxy groups -OCH3 is 1. The van der Waals surface area contributed by atoms with Gasteiger partial charge in [-0.05, 0) is 36.8 Å². The van der Waals surface area contributed by atoms with Crippen LogP contribution in [0.15, 0.2) is 41.0 Å². The van der Waals surface area contributed by atoms with Crippen molar-refractivity contribution in [1.29, 1.82) is 0 Å². The van der Waals surface area contributed by atoms with E-state index in [0.29, 0.717) is 24.2 Å². The minimum absolute atomic E-state index is 0.277. The van der Waals surface area contributed by atoms with E-state index in [9.17, 15) is 4.39 Å². The third kappa shape index (κ3) is 2.90. The Kier molecular flexibility index (Phi) is 3.99. The molecule has 4 heteroatoms. The third-order valence-electron chi connectivity index (χ3n) is 2.87. The number of rotatable bonds is 5. The SMILES string of the molecule is COc1ccc(F)cc1C(N)CCc1ccco1. The molecule has 1 aromatic heterocycles. The van der Waals surface area contributed by atoms with E-state index in [1.807, 2.05) is 12.1 Å². The standard InChI is InChI=1S/C14H16FNO2/c1-17-14-7-4-10(15)9-12(14)13(16)6-5-11-3-2-8-18-11/h2-4,7-9,13H,5-6,16H2,1H3. The summed E-state index contributed by atoms with van der Waals surface area (Å²) in [6, 6.07) is 7.84. The van der Waals surface area contributed by atoms with Gasteiger partial charge in [-0.15, -0.1) is 0 Å². The van der Waals surface area contributed by atoms with Crippen LogP contribution in [0.5, 0.6) is 5.75 Å². The number of benzene rings is 1. The van der Waals surface area contributed by atoms with Crippen LogP contribution in [-0.2, 0) is 6.42 Å². The number of ether oxygens (including phenoxy) is 1. The molecule has 0 spiro atoms. The van der Waals surface area contributed by atoms with Crippen molar-refractivity contribution in [2.75, 3.05) is 7.11 Å². The van der Waals surface area contributed by atoms with Crippen molar-refractivity contribution >= 4 is 0 Å². The van der Waals surface area contributed by atoms with Gasteiger partial charge in [0.1, 0.15) is 17.3 Å². The lowest BCUT2D eigenvalue weighted by Gasteiger charge is -2.15. The number of furan rings is 1. The Bertz CT molecular complexity index is 497. The van der Waals surface area contributed by atoms with Gasteiger partial charge in [0.25, 0.3) is 0 Å². The second-order valence-electron chi connectivity index (χ2n) is 4.11. The van der Waals surface area contributed by atoms with Crippen LogP contribution in [0.3, 0.4) is 0 Å². The molecule has 2 N–H and O–H groups in total. The zero-order valence-corrected chi connectivity index (χ0v) is 10.2. The van der Waals surface area contributed by atoms with Crippen molar-refractivity contribution in [3.63, 3.8) is 0 Å². The smallest absolute Gasteiger partial charge is 0.123 e. The molecule has 0 aliphatic rings. The maximum Gasteiger partial charge on any atom is 0.123 e. The lowest BCUT2D eigenvalue weighted by Crippen LogP contribution is -2.12. The molecule has 1 unspecified atom stereocenters. The van der Waals surface area contributed by atoms with E-state index >= 15 is 0 Å². The Morgan fingerprint density at radius 3 is 2.89 bits per heavy atom. The zero-order valence-electron chi connectivity index (χ0n) is 10.2. The van der Waals surface area contributed by atoms with Gasteiger partial charge >= 0.3 is 0 Å². The summed E-state index contributed by atoms with van der Waals surface area (Å²) >= 11 is 0. The molecule has 0 saturated carbocycles. The van der Waals surface area contributed by atoms with Crippen molar-refractivity contribution in [1.82, 2.24) is 0 Å². The van der Waals surface area contributed by atoms with Crippen LogP contribution >= 0.6 is 0 Å². The zero-order chi connectivity index (χ0) is 13.0. The van der Waals surface area contributed by atoms with Crippen LogP contribution in [0.1, 0.15) is 23.8 Å². The number of hydrogen-bond acceptors (Lipinski definition) is 3. The van der Waals surface area contributed by atoms with Gasteiger partial charge in [0.05, 0.1) is 13.4 Å². The molecule has 0 aliphatic heterocycles. The first-order valence-electron chi connectivity index (χ1n) is 5.82. The lowest BCUT2D eigenvalue weighted by molar-refractivity contribution is 0.401. The Labute approximate surface area is 105 Å². The summed E-state index contributed by atoms with van der Waals surface area (Å²) in [6.45, 7) is 0. The molecule has 0 amide bonds. The van der Waals surface area contributed by atoms with Crippen LogP contribution in [0.4, 0.5) is 4.39 Å². The maximum atomic E-state index is 13.2. The molecule has 18 heavy (non-hydrogen) atoms. The predicted molar refractivity (Wildman–Crippen MR) is 66.9 cm³/mol. The summed E-state index contributed by atoms with van der Waals surface area (Å²) < 4.78 is 23.7. The first-order valence-corrected chi connectivity index (χ1v) is 5.82. The number of aryl methyl sites for hydroxylation is 1. The average Bonchev–Trinajstić information content (AvgIpc) is 2.89. The molecule has 96 valence electrons. The van der Waals surface area contributed by atoms with E-state index in [1.54, 1.807) is 19.4 Å². The fourth-order valence-corrected chi connectivity index (χ4v) is 1.90. The highest BCUT2D eigenvalue weighted by Crippen LogP contribution is 2.27. The Morgan fingerprint density at radius 1 is 1.39 bits per heavy atom. The van der Waals surface area contributed by atoms with Crippen LogP contribution in [0, 0.1) is 5.82 Å². The number of halogens is 1. The highest BCUT2D eigenvalue weighted by molar-refractivity contribution is 5.36. The van der Waals surface area contributed by atoms with Crippen molar-refractivity contribution < 1.29 is 13.5 Å². The minimum Gasteiger partial charge on any atom is -0.496 e. The summed E-state index contributed by atoms with van der Waals surface area (Å²) in [4.78, 5) is 0. The summed E-state index contributed by atoms with van der Waals surface area (Å²) in [6.07, 6.45) is 3.02. The molecule has 3 nitrogen and oxygen atoms in total.